The van der Waals surface area contributed by atoms with Gasteiger partial charge in [-0.3, -0.25) is 4.79 Å². The van der Waals surface area contributed by atoms with Gasteiger partial charge in [-0.15, -0.1) is 0 Å². The van der Waals surface area contributed by atoms with E-state index in [-0.39, 0.29) is 18.1 Å². The number of aliphatic carboxylic acids is 1. The van der Waals surface area contributed by atoms with Gasteiger partial charge in [-0.25, -0.2) is 4.79 Å². The monoisotopic (exact) mass is 486 g/mol. The third-order valence-electron chi connectivity index (χ3n) is 5.29. The molecule has 0 bridgehead atoms. The van der Waals surface area contributed by atoms with Gasteiger partial charge in [0.05, 0.1) is 26.4 Å². The molecular formula is C26H34N2O7. The van der Waals surface area contributed by atoms with Crippen LogP contribution in [0.5, 0.6) is 11.5 Å². The van der Waals surface area contributed by atoms with Crippen LogP contribution in [0.4, 0.5) is 0 Å². The molecule has 0 saturated carbocycles. The third kappa shape index (κ3) is 7.45. The first-order chi connectivity index (χ1) is 16.7. The van der Waals surface area contributed by atoms with Crippen LogP contribution in [0, 0.1) is 5.92 Å². The summed E-state index contributed by atoms with van der Waals surface area (Å²) in [6.07, 6.45) is 0.0985. The first kappa shape index (κ1) is 27.7. The zero-order chi connectivity index (χ0) is 26.0. The largest absolute Gasteiger partial charge is 0.496 e. The van der Waals surface area contributed by atoms with Crippen molar-refractivity contribution in [2.75, 3.05) is 27.9 Å². The molecule has 35 heavy (non-hydrogen) atoms. The Bertz CT molecular complexity index is 1010. The third-order valence-corrected chi connectivity index (χ3v) is 5.29. The van der Waals surface area contributed by atoms with Crippen LogP contribution in [0.25, 0.3) is 11.1 Å². The summed E-state index contributed by atoms with van der Waals surface area (Å²) in [5.41, 5.74) is 3.42. The standard InChI is InChI=1S/C26H34N2O7/c1-7-35-15-18-13-21(32-4)23(22(14-18)33-5)19-10-8-17(9-11-19)12-20(26(30)31)27-25(29)24(16(2)3)28-34-6/h8-11,13-14,16,20H,7,12,15H2,1-6H3,(H,27,29)(H,30,31)/t20-/m0/s1. The van der Waals surface area contributed by atoms with E-state index in [0.29, 0.717) is 24.7 Å². The molecular weight excluding hydrogens is 452 g/mol. The van der Waals surface area contributed by atoms with Crippen molar-refractivity contribution < 1.29 is 33.7 Å². The number of nitrogens with zero attached hydrogens (tertiary/aromatic N) is 1. The first-order valence-corrected chi connectivity index (χ1v) is 11.3. The van der Waals surface area contributed by atoms with Crippen molar-refractivity contribution in [1.82, 2.24) is 5.32 Å². The topological polar surface area (TPSA) is 116 Å². The smallest absolute Gasteiger partial charge is 0.326 e. The van der Waals surface area contributed by atoms with E-state index in [1.807, 2.05) is 43.3 Å². The molecule has 0 spiro atoms. The number of carbonyl (C=O) groups is 2. The predicted molar refractivity (Wildman–Crippen MR) is 133 cm³/mol. The number of rotatable bonds is 13. The number of hydrogen-bond donors (Lipinski definition) is 2. The van der Waals surface area contributed by atoms with Crippen molar-refractivity contribution in [3.05, 3.63) is 47.5 Å². The zero-order valence-corrected chi connectivity index (χ0v) is 21.1. The van der Waals surface area contributed by atoms with Crippen molar-refractivity contribution in [2.24, 2.45) is 11.1 Å². The quantitative estimate of drug-likeness (QED) is 0.328. The Morgan fingerprint density at radius 2 is 1.60 bits per heavy atom. The lowest BCUT2D eigenvalue weighted by molar-refractivity contribution is -0.141. The van der Waals surface area contributed by atoms with Crippen LogP contribution in [0.15, 0.2) is 41.6 Å². The Hall–Kier alpha value is -3.59. The van der Waals surface area contributed by atoms with Crippen molar-refractivity contribution in [3.63, 3.8) is 0 Å². The zero-order valence-electron chi connectivity index (χ0n) is 21.1. The van der Waals surface area contributed by atoms with E-state index in [9.17, 15) is 14.7 Å². The minimum Gasteiger partial charge on any atom is -0.496 e. The predicted octanol–water partition coefficient (Wildman–Crippen LogP) is 3.68. The Balaban J connectivity index is 2.28. The lowest BCUT2D eigenvalue weighted by Gasteiger charge is -2.18. The highest BCUT2D eigenvalue weighted by molar-refractivity contribution is 6.39. The van der Waals surface area contributed by atoms with E-state index in [0.717, 1.165) is 22.3 Å². The molecule has 2 N–H and O–H groups in total. The second kappa shape index (κ2) is 13.3. The highest BCUT2D eigenvalue weighted by Gasteiger charge is 2.25. The first-order valence-electron chi connectivity index (χ1n) is 11.3. The maximum Gasteiger partial charge on any atom is 0.326 e. The maximum absolute atomic E-state index is 12.5. The molecule has 0 unspecified atom stereocenters. The molecule has 2 aromatic rings. The fraction of sp³-hybridized carbons (Fsp3) is 0.423. The summed E-state index contributed by atoms with van der Waals surface area (Å²) in [5, 5.41) is 15.9. The number of carboxylic acid groups (broad SMARTS) is 1. The second-order valence-electron chi connectivity index (χ2n) is 8.09. The van der Waals surface area contributed by atoms with Crippen LogP contribution in [-0.2, 0) is 32.2 Å². The fourth-order valence-electron chi connectivity index (χ4n) is 3.54. The van der Waals surface area contributed by atoms with Crippen LogP contribution >= 0.6 is 0 Å². The number of benzene rings is 2. The molecule has 0 heterocycles. The van der Waals surface area contributed by atoms with Gasteiger partial charge in [0.2, 0.25) is 0 Å². The summed E-state index contributed by atoms with van der Waals surface area (Å²) in [6, 6.07) is 10.1. The van der Waals surface area contributed by atoms with Gasteiger partial charge in [-0.1, -0.05) is 43.3 Å². The van der Waals surface area contributed by atoms with E-state index < -0.39 is 17.9 Å². The van der Waals surface area contributed by atoms with Crippen molar-refractivity contribution in [2.45, 2.75) is 39.8 Å². The molecule has 0 aliphatic heterocycles. The Morgan fingerprint density at radius 3 is 2.06 bits per heavy atom. The van der Waals surface area contributed by atoms with Crippen molar-refractivity contribution in [1.29, 1.82) is 0 Å². The molecule has 0 fully saturated rings. The van der Waals surface area contributed by atoms with Gasteiger partial charge >= 0.3 is 5.97 Å². The van der Waals surface area contributed by atoms with E-state index in [1.54, 1.807) is 28.1 Å². The van der Waals surface area contributed by atoms with Gasteiger partial charge < -0.3 is 29.5 Å². The van der Waals surface area contributed by atoms with E-state index in [4.69, 9.17) is 19.0 Å². The molecule has 0 saturated heterocycles. The Labute approximate surface area is 206 Å². The highest BCUT2D eigenvalue weighted by atomic mass is 16.6. The van der Waals surface area contributed by atoms with Gasteiger partial charge in [0, 0.05) is 18.9 Å². The molecule has 9 nitrogen and oxygen atoms in total. The van der Waals surface area contributed by atoms with Crippen LogP contribution in [0.3, 0.4) is 0 Å². The SMILES string of the molecule is CCOCc1cc(OC)c(-c2ccc(C[C@H](NC(=O)C(=NOC)C(C)C)C(=O)O)cc2)c(OC)c1. The highest BCUT2D eigenvalue weighted by Crippen LogP contribution is 2.40. The number of carbonyl (C=O) groups excluding carboxylic acids is 1. The summed E-state index contributed by atoms with van der Waals surface area (Å²) in [6.45, 7) is 6.53. The van der Waals surface area contributed by atoms with Crippen molar-refractivity contribution in [3.8, 4) is 22.6 Å². The summed E-state index contributed by atoms with van der Waals surface area (Å²) < 4.78 is 16.7. The summed E-state index contributed by atoms with van der Waals surface area (Å²) in [4.78, 5) is 29.1. The minimum atomic E-state index is -1.14. The maximum atomic E-state index is 12.5. The van der Waals surface area contributed by atoms with Crippen LogP contribution < -0.4 is 14.8 Å². The lowest BCUT2D eigenvalue weighted by atomic mass is 9.98. The van der Waals surface area contributed by atoms with E-state index >= 15 is 0 Å². The van der Waals surface area contributed by atoms with Crippen LogP contribution in [0.2, 0.25) is 0 Å². The Kier molecular flexibility index (Phi) is 10.5. The second-order valence-corrected chi connectivity index (χ2v) is 8.09. The minimum absolute atomic E-state index is 0.0985. The summed E-state index contributed by atoms with van der Waals surface area (Å²) in [7, 11) is 4.52. The van der Waals surface area contributed by atoms with Crippen molar-refractivity contribution >= 4 is 17.6 Å². The molecule has 1 atom stereocenters. The molecule has 1 amide bonds. The van der Waals surface area contributed by atoms with Gasteiger partial charge in [0.25, 0.3) is 5.91 Å². The Morgan fingerprint density at radius 1 is 1.00 bits per heavy atom. The number of carboxylic acids is 1. The van der Waals surface area contributed by atoms with E-state index in [2.05, 4.69) is 10.5 Å². The van der Waals surface area contributed by atoms with Gasteiger partial charge in [-0.05, 0) is 35.7 Å². The molecule has 2 aromatic carbocycles. The van der Waals surface area contributed by atoms with Gasteiger partial charge in [0.1, 0.15) is 30.4 Å². The normalized spacial score (nSPS) is 12.3. The molecule has 0 aliphatic carbocycles. The molecule has 0 radical (unpaired) electrons. The van der Waals surface area contributed by atoms with Crippen LogP contribution in [0.1, 0.15) is 31.9 Å². The number of hydrogen-bond acceptors (Lipinski definition) is 7. The lowest BCUT2D eigenvalue weighted by Crippen LogP contribution is -2.46. The summed E-state index contributed by atoms with van der Waals surface area (Å²) in [5.74, 6) is -0.667. The fourth-order valence-corrected chi connectivity index (χ4v) is 3.54. The average Bonchev–Trinajstić information content (AvgIpc) is 2.84. The average molecular weight is 487 g/mol. The molecule has 9 heteroatoms. The van der Waals surface area contributed by atoms with Crippen LogP contribution in [-0.4, -0.2) is 56.7 Å². The molecule has 0 aromatic heterocycles. The summed E-state index contributed by atoms with van der Waals surface area (Å²) >= 11 is 0. The van der Waals surface area contributed by atoms with Gasteiger partial charge in [-0.2, -0.15) is 0 Å². The number of amides is 1. The molecule has 2 rings (SSSR count). The number of methoxy groups -OCH3 is 2. The number of nitrogens with one attached hydrogen (secondary N) is 1. The molecule has 0 aliphatic rings. The molecule has 190 valence electrons. The number of oxime groups is 1. The van der Waals surface area contributed by atoms with E-state index in [1.165, 1.54) is 7.11 Å². The number of ether oxygens (including phenoxy) is 3. The van der Waals surface area contributed by atoms with Gasteiger partial charge in [0.15, 0.2) is 0 Å².